The molecule has 4 nitrogen and oxygen atoms in total. The molecule has 1 aliphatic rings. The van der Waals surface area contributed by atoms with Gasteiger partial charge in [0.05, 0.1) is 6.10 Å². The first-order chi connectivity index (χ1) is 9.18. The Kier molecular flexibility index (Phi) is 8.17. The maximum atomic E-state index is 6.24. The Morgan fingerprint density at radius 3 is 2.05 bits per heavy atom. The predicted octanol–water partition coefficient (Wildman–Crippen LogP) is 1.79. The molecule has 1 rings (SSSR count). The molecular formula is C14H30O4Si. The second kappa shape index (κ2) is 9.08. The lowest BCUT2D eigenvalue weighted by Crippen LogP contribution is -2.53. The van der Waals surface area contributed by atoms with E-state index in [2.05, 4.69) is 0 Å². The fourth-order valence-corrected chi connectivity index (χ4v) is 3.41. The van der Waals surface area contributed by atoms with E-state index in [1.165, 1.54) is 19.3 Å². The minimum Gasteiger partial charge on any atom is -0.375 e. The van der Waals surface area contributed by atoms with Crippen molar-refractivity contribution < 1.29 is 18.9 Å². The van der Waals surface area contributed by atoms with Crippen LogP contribution < -0.4 is 0 Å². The van der Waals surface area contributed by atoms with Crippen LogP contribution in [0.4, 0.5) is 0 Å². The molecule has 1 aliphatic carbocycles. The van der Waals surface area contributed by atoms with Crippen molar-refractivity contribution in [2.45, 2.75) is 70.7 Å². The lowest BCUT2D eigenvalue weighted by molar-refractivity contribution is -0.415. The van der Waals surface area contributed by atoms with Crippen LogP contribution in [0.25, 0.3) is 0 Å². The largest absolute Gasteiger partial charge is 0.375 e. The summed E-state index contributed by atoms with van der Waals surface area (Å²) >= 11 is 0. The molecule has 1 unspecified atom stereocenters. The molecule has 1 saturated carbocycles. The first kappa shape index (κ1) is 17.1. The van der Waals surface area contributed by atoms with Gasteiger partial charge in [0.25, 0.3) is 0 Å². The van der Waals surface area contributed by atoms with Crippen molar-refractivity contribution in [2.75, 3.05) is 19.8 Å². The van der Waals surface area contributed by atoms with Gasteiger partial charge in [-0.1, -0.05) is 19.3 Å². The molecule has 0 aromatic carbocycles. The van der Waals surface area contributed by atoms with Crippen LogP contribution in [0.1, 0.15) is 52.9 Å². The van der Waals surface area contributed by atoms with Gasteiger partial charge in [-0.2, -0.15) is 0 Å². The van der Waals surface area contributed by atoms with Gasteiger partial charge in [-0.25, -0.2) is 0 Å². The van der Waals surface area contributed by atoms with E-state index in [0.717, 1.165) is 23.1 Å². The van der Waals surface area contributed by atoms with Gasteiger partial charge >= 0.3 is 5.97 Å². The lowest BCUT2D eigenvalue weighted by atomic mass is 9.98. The SMILES string of the molecule is CCOC([SiH3])C(OCC)(OCC)OC1CCCCC1. The molecule has 0 amide bonds. The van der Waals surface area contributed by atoms with Gasteiger partial charge < -0.3 is 18.9 Å². The molecule has 1 atom stereocenters. The molecule has 0 radical (unpaired) electrons. The minimum atomic E-state index is -0.992. The van der Waals surface area contributed by atoms with Gasteiger partial charge in [0.1, 0.15) is 5.73 Å². The average Bonchev–Trinajstić information content (AvgIpc) is 2.40. The normalized spacial score (nSPS) is 19.7. The molecule has 0 spiro atoms. The highest BCUT2D eigenvalue weighted by molar-refractivity contribution is 6.11. The summed E-state index contributed by atoms with van der Waals surface area (Å²) in [5.74, 6) is -0.992. The minimum absolute atomic E-state index is 0.0978. The van der Waals surface area contributed by atoms with Gasteiger partial charge in [0.2, 0.25) is 0 Å². The Morgan fingerprint density at radius 2 is 1.58 bits per heavy atom. The van der Waals surface area contributed by atoms with Crippen molar-refractivity contribution in [1.82, 2.24) is 0 Å². The Hall–Kier alpha value is 0.0569. The highest BCUT2D eigenvalue weighted by atomic mass is 28.1. The van der Waals surface area contributed by atoms with E-state index in [9.17, 15) is 0 Å². The maximum absolute atomic E-state index is 6.24. The van der Waals surface area contributed by atoms with Crippen LogP contribution in [-0.4, -0.2) is 47.9 Å². The molecule has 0 aromatic rings. The summed E-state index contributed by atoms with van der Waals surface area (Å²) < 4.78 is 23.7. The standard InChI is InChI=1S/C14H30O4Si/c1-4-15-13(19)14(16-5-2,17-6-3)18-12-10-8-7-9-11-12/h12-13H,4-11H2,1-3,19H3. The van der Waals surface area contributed by atoms with Crippen molar-refractivity contribution in [3.05, 3.63) is 0 Å². The van der Waals surface area contributed by atoms with Crippen LogP contribution in [0, 0.1) is 0 Å². The summed E-state index contributed by atoms with van der Waals surface area (Å²) in [7, 11) is 0.817. The number of ether oxygens (including phenoxy) is 4. The Balaban J connectivity index is 2.73. The highest BCUT2D eigenvalue weighted by Crippen LogP contribution is 2.29. The van der Waals surface area contributed by atoms with Crippen molar-refractivity contribution in [3.63, 3.8) is 0 Å². The summed E-state index contributed by atoms with van der Waals surface area (Å²) in [6, 6.07) is 0. The fourth-order valence-electron chi connectivity index (χ4n) is 2.61. The second-order valence-corrected chi connectivity index (χ2v) is 5.99. The molecule has 5 heteroatoms. The molecule has 114 valence electrons. The molecular weight excluding hydrogens is 260 g/mol. The molecule has 0 heterocycles. The Labute approximate surface area is 120 Å². The third kappa shape index (κ3) is 5.15. The summed E-state index contributed by atoms with van der Waals surface area (Å²) in [6.07, 6.45) is 6.22. The molecule has 0 aromatic heterocycles. The molecule has 0 aliphatic heterocycles. The first-order valence-electron chi connectivity index (χ1n) is 7.75. The van der Waals surface area contributed by atoms with Gasteiger partial charge in [0, 0.05) is 30.1 Å². The zero-order valence-corrected chi connectivity index (χ0v) is 14.9. The van der Waals surface area contributed by atoms with Crippen molar-refractivity contribution in [1.29, 1.82) is 0 Å². The van der Waals surface area contributed by atoms with Gasteiger partial charge in [-0.15, -0.1) is 0 Å². The van der Waals surface area contributed by atoms with Crippen molar-refractivity contribution in [2.24, 2.45) is 0 Å². The number of rotatable bonds is 9. The third-order valence-electron chi connectivity index (χ3n) is 3.49. The summed E-state index contributed by atoms with van der Waals surface area (Å²) in [4.78, 5) is 0. The van der Waals surface area contributed by atoms with Crippen molar-refractivity contribution in [3.8, 4) is 0 Å². The van der Waals surface area contributed by atoms with Gasteiger partial charge in [-0.3, -0.25) is 0 Å². The smallest absolute Gasteiger partial charge is 0.306 e. The van der Waals surface area contributed by atoms with Crippen LogP contribution in [-0.2, 0) is 18.9 Å². The van der Waals surface area contributed by atoms with E-state index in [0.29, 0.717) is 19.8 Å². The maximum Gasteiger partial charge on any atom is 0.306 e. The first-order valence-corrected chi connectivity index (χ1v) is 8.91. The fraction of sp³-hybridized carbons (Fsp3) is 1.00. The number of hydrogen-bond donors (Lipinski definition) is 0. The zero-order valence-electron chi connectivity index (χ0n) is 12.9. The van der Waals surface area contributed by atoms with E-state index in [4.69, 9.17) is 18.9 Å². The van der Waals surface area contributed by atoms with Crippen LogP contribution >= 0.6 is 0 Å². The summed E-state index contributed by atoms with van der Waals surface area (Å²) in [5, 5.41) is 0. The average molecular weight is 290 g/mol. The van der Waals surface area contributed by atoms with E-state index in [1.807, 2.05) is 20.8 Å². The highest BCUT2D eigenvalue weighted by Gasteiger charge is 2.42. The van der Waals surface area contributed by atoms with E-state index < -0.39 is 5.97 Å². The molecule has 0 bridgehead atoms. The summed E-state index contributed by atoms with van der Waals surface area (Å²) in [6.45, 7) is 7.73. The predicted molar refractivity (Wildman–Crippen MR) is 79.3 cm³/mol. The number of hydrogen-bond acceptors (Lipinski definition) is 4. The molecule has 0 saturated heterocycles. The second-order valence-electron chi connectivity index (χ2n) is 4.95. The van der Waals surface area contributed by atoms with Crippen LogP contribution in [0.3, 0.4) is 0 Å². The monoisotopic (exact) mass is 290 g/mol. The van der Waals surface area contributed by atoms with Crippen LogP contribution in [0.5, 0.6) is 0 Å². The quantitative estimate of drug-likeness (QED) is 0.479. The van der Waals surface area contributed by atoms with Crippen LogP contribution in [0.2, 0.25) is 0 Å². The Morgan fingerprint density at radius 1 is 1.00 bits per heavy atom. The van der Waals surface area contributed by atoms with E-state index >= 15 is 0 Å². The summed E-state index contributed by atoms with van der Waals surface area (Å²) in [5.41, 5.74) is -0.0978. The lowest BCUT2D eigenvalue weighted by Gasteiger charge is -2.40. The Bertz CT molecular complexity index is 225. The third-order valence-corrected chi connectivity index (χ3v) is 4.53. The van der Waals surface area contributed by atoms with Gasteiger partial charge in [-0.05, 0) is 33.6 Å². The molecule has 1 fully saturated rings. The molecule has 0 N–H and O–H groups in total. The topological polar surface area (TPSA) is 36.9 Å². The van der Waals surface area contributed by atoms with Crippen LogP contribution in [0.15, 0.2) is 0 Å². The molecule has 19 heavy (non-hydrogen) atoms. The van der Waals surface area contributed by atoms with E-state index in [1.54, 1.807) is 0 Å². The van der Waals surface area contributed by atoms with Crippen molar-refractivity contribution >= 4 is 10.2 Å². The van der Waals surface area contributed by atoms with Gasteiger partial charge in [0.15, 0.2) is 0 Å². The zero-order chi connectivity index (χ0) is 14.1. The van der Waals surface area contributed by atoms with E-state index in [-0.39, 0.29) is 11.8 Å².